The van der Waals surface area contributed by atoms with Gasteiger partial charge in [0, 0.05) is 10.0 Å². The van der Waals surface area contributed by atoms with Crippen molar-refractivity contribution in [1.82, 2.24) is 4.57 Å². The third kappa shape index (κ3) is 6.26. The van der Waals surface area contributed by atoms with Crippen molar-refractivity contribution >= 4 is 61.2 Å². The van der Waals surface area contributed by atoms with Gasteiger partial charge in [0.15, 0.2) is 11.4 Å². The molecule has 1 aromatic heterocycles. The molecule has 2 heterocycles. The van der Waals surface area contributed by atoms with Crippen LogP contribution >= 0.6 is 43.2 Å². The summed E-state index contributed by atoms with van der Waals surface area (Å²) in [6.07, 6.45) is 1.69. The minimum absolute atomic E-state index is 0.201. The summed E-state index contributed by atoms with van der Waals surface area (Å²) in [5, 5.41) is 0. The molecule has 8 nitrogen and oxygen atoms in total. The lowest BCUT2D eigenvalue weighted by molar-refractivity contribution is -0.145. The maximum atomic E-state index is 13.9. The molecule has 39 heavy (non-hydrogen) atoms. The molecule has 1 aliphatic heterocycles. The Hall–Kier alpha value is -3.02. The van der Waals surface area contributed by atoms with Crippen molar-refractivity contribution in [3.8, 4) is 5.75 Å². The summed E-state index contributed by atoms with van der Waals surface area (Å²) in [6, 6.07) is 10.6. The van der Waals surface area contributed by atoms with Gasteiger partial charge in [-0.2, -0.15) is 0 Å². The number of benzene rings is 2. The molecule has 0 N–H and O–H groups in total. The number of ether oxygens (including phenoxy) is 3. The van der Waals surface area contributed by atoms with Crippen LogP contribution in [0.15, 0.2) is 66.4 Å². The minimum Gasteiger partial charge on any atom is -0.480 e. The van der Waals surface area contributed by atoms with Crippen LogP contribution in [-0.2, 0) is 19.1 Å². The predicted molar refractivity (Wildman–Crippen MR) is 156 cm³/mol. The molecule has 0 spiro atoms. The number of carbonyl (C=O) groups excluding carboxylic acids is 2. The van der Waals surface area contributed by atoms with E-state index in [2.05, 4.69) is 36.9 Å². The van der Waals surface area contributed by atoms with Crippen LogP contribution < -0.4 is 19.6 Å². The average Bonchev–Trinajstić information content (AvgIpc) is 3.17. The summed E-state index contributed by atoms with van der Waals surface area (Å²) in [5.74, 6) is -0.627. The topological polar surface area (TPSA) is 96.2 Å². The molecule has 204 valence electrons. The molecule has 0 aliphatic carbocycles. The quantitative estimate of drug-likeness (QED) is 0.324. The number of allylic oxidation sites excluding steroid dienone is 1. The molecule has 0 saturated heterocycles. The number of nitrogens with zero attached hydrogens (tertiary/aromatic N) is 2. The molecule has 0 saturated carbocycles. The number of carbonyl (C=O) groups is 2. The van der Waals surface area contributed by atoms with Crippen molar-refractivity contribution in [1.29, 1.82) is 0 Å². The molecule has 0 unspecified atom stereocenters. The Labute approximate surface area is 245 Å². The van der Waals surface area contributed by atoms with Gasteiger partial charge in [0.2, 0.25) is 0 Å². The Balaban J connectivity index is 1.89. The Morgan fingerprint density at radius 2 is 1.77 bits per heavy atom. The van der Waals surface area contributed by atoms with Gasteiger partial charge in [-0.3, -0.25) is 9.36 Å². The van der Waals surface area contributed by atoms with E-state index >= 15 is 0 Å². The number of fused-ring (bicyclic) bond motifs is 1. The van der Waals surface area contributed by atoms with Crippen LogP contribution in [0.2, 0.25) is 0 Å². The van der Waals surface area contributed by atoms with Gasteiger partial charge in [0.1, 0.15) is 5.75 Å². The SMILES string of the molecule is CCOC(=O)COc1c(Br)cc(Br)cc1/C=c1\sc2n(c1=O)[C@@H](c1ccc(C)cc1)C(C(=O)OCC)=C(C)N=2. The first kappa shape index (κ1) is 29.0. The fourth-order valence-electron chi connectivity index (χ4n) is 4.17. The number of hydrogen-bond acceptors (Lipinski definition) is 8. The molecular formula is C28H26Br2N2O6S. The molecule has 4 rings (SSSR count). The van der Waals surface area contributed by atoms with E-state index in [1.54, 1.807) is 39.0 Å². The first-order valence-electron chi connectivity index (χ1n) is 12.2. The number of hydrogen-bond donors (Lipinski definition) is 0. The lowest BCUT2D eigenvalue weighted by atomic mass is 9.95. The number of aryl methyl sites for hydroxylation is 1. The number of rotatable bonds is 8. The van der Waals surface area contributed by atoms with Gasteiger partial charge in [-0.15, -0.1) is 0 Å². The van der Waals surface area contributed by atoms with Crippen LogP contribution in [0.4, 0.5) is 0 Å². The Morgan fingerprint density at radius 1 is 1.08 bits per heavy atom. The summed E-state index contributed by atoms with van der Waals surface area (Å²) in [7, 11) is 0. The normalized spacial score (nSPS) is 15.0. The van der Waals surface area contributed by atoms with Crippen molar-refractivity contribution in [3.05, 3.63) is 93.0 Å². The lowest BCUT2D eigenvalue weighted by Crippen LogP contribution is -2.39. The van der Waals surface area contributed by atoms with Gasteiger partial charge in [0.05, 0.1) is 39.5 Å². The number of thiazole rings is 1. The molecular weight excluding hydrogens is 652 g/mol. The van der Waals surface area contributed by atoms with Crippen molar-refractivity contribution in [2.24, 2.45) is 4.99 Å². The largest absolute Gasteiger partial charge is 0.480 e. The van der Waals surface area contributed by atoms with Crippen molar-refractivity contribution in [2.45, 2.75) is 33.7 Å². The second kappa shape index (κ2) is 12.4. The number of esters is 2. The van der Waals surface area contributed by atoms with Crippen molar-refractivity contribution in [3.63, 3.8) is 0 Å². The molecule has 2 aromatic carbocycles. The predicted octanol–water partition coefficient (Wildman–Crippen LogP) is 4.57. The number of halogens is 2. The smallest absolute Gasteiger partial charge is 0.344 e. The summed E-state index contributed by atoms with van der Waals surface area (Å²) < 4.78 is 19.4. The first-order chi connectivity index (χ1) is 18.6. The van der Waals surface area contributed by atoms with Crippen molar-refractivity contribution in [2.75, 3.05) is 19.8 Å². The Kier molecular flexibility index (Phi) is 9.24. The van der Waals surface area contributed by atoms with Crippen LogP contribution in [-0.4, -0.2) is 36.3 Å². The van der Waals surface area contributed by atoms with E-state index in [1.807, 2.05) is 31.2 Å². The monoisotopic (exact) mass is 676 g/mol. The van der Waals surface area contributed by atoms with Crippen LogP contribution in [0, 0.1) is 6.92 Å². The Bertz CT molecular complexity index is 1640. The summed E-state index contributed by atoms with van der Waals surface area (Å²) in [6.45, 7) is 7.34. The van der Waals surface area contributed by atoms with Crippen LogP contribution in [0.3, 0.4) is 0 Å². The van der Waals surface area contributed by atoms with Gasteiger partial charge < -0.3 is 14.2 Å². The van der Waals surface area contributed by atoms with E-state index in [0.717, 1.165) is 15.6 Å². The molecule has 0 fully saturated rings. The van der Waals surface area contributed by atoms with Gasteiger partial charge in [-0.05, 0) is 67.4 Å². The van der Waals surface area contributed by atoms with Crippen LogP contribution in [0.1, 0.15) is 43.5 Å². The van der Waals surface area contributed by atoms with Gasteiger partial charge in [-0.25, -0.2) is 14.6 Å². The second-order valence-electron chi connectivity index (χ2n) is 8.61. The lowest BCUT2D eigenvalue weighted by Gasteiger charge is -2.24. The fourth-order valence-corrected chi connectivity index (χ4v) is 6.58. The highest BCUT2D eigenvalue weighted by molar-refractivity contribution is 9.11. The van der Waals surface area contributed by atoms with E-state index in [1.165, 1.54) is 15.9 Å². The molecule has 0 amide bonds. The summed E-state index contributed by atoms with van der Waals surface area (Å²) in [5.41, 5.74) is 2.90. The molecule has 11 heteroatoms. The fraction of sp³-hybridized carbons (Fsp3) is 0.286. The Morgan fingerprint density at radius 3 is 2.44 bits per heavy atom. The van der Waals surface area contributed by atoms with Gasteiger partial charge in [0.25, 0.3) is 5.56 Å². The minimum atomic E-state index is -0.697. The van der Waals surface area contributed by atoms with E-state index in [-0.39, 0.29) is 25.4 Å². The highest BCUT2D eigenvalue weighted by Gasteiger charge is 2.33. The maximum Gasteiger partial charge on any atom is 0.344 e. The molecule has 3 aromatic rings. The highest BCUT2D eigenvalue weighted by Crippen LogP contribution is 2.34. The van der Waals surface area contributed by atoms with E-state index in [4.69, 9.17) is 14.2 Å². The van der Waals surface area contributed by atoms with Crippen LogP contribution in [0.5, 0.6) is 5.75 Å². The third-order valence-corrected chi connectivity index (χ3v) is 7.90. The van der Waals surface area contributed by atoms with E-state index in [9.17, 15) is 14.4 Å². The summed E-state index contributed by atoms with van der Waals surface area (Å²) >= 11 is 8.17. The molecule has 1 aliphatic rings. The van der Waals surface area contributed by atoms with E-state index < -0.39 is 18.0 Å². The van der Waals surface area contributed by atoms with Gasteiger partial charge >= 0.3 is 11.9 Å². The number of aromatic nitrogens is 1. The standard InChI is InChI=1S/C28H26Br2N2O6S/c1-5-36-22(33)14-38-25-18(11-19(29)13-20(25)30)12-21-26(34)32-24(17-9-7-15(3)8-10-17)23(27(35)37-6-2)16(4)31-28(32)39-21/h7-13,24H,5-6,14H2,1-4H3/b21-12-/t24-/m0/s1. The zero-order valence-electron chi connectivity index (χ0n) is 21.7. The average molecular weight is 678 g/mol. The van der Waals surface area contributed by atoms with Crippen molar-refractivity contribution < 1.29 is 23.8 Å². The van der Waals surface area contributed by atoms with Crippen LogP contribution in [0.25, 0.3) is 6.08 Å². The van der Waals surface area contributed by atoms with E-state index in [0.29, 0.717) is 36.4 Å². The third-order valence-electron chi connectivity index (χ3n) is 5.87. The molecule has 1 atom stereocenters. The first-order valence-corrected chi connectivity index (χ1v) is 14.6. The van der Waals surface area contributed by atoms with Gasteiger partial charge in [-0.1, -0.05) is 57.1 Å². The summed E-state index contributed by atoms with van der Waals surface area (Å²) in [4.78, 5) is 43.9. The zero-order chi connectivity index (χ0) is 28.3. The highest BCUT2D eigenvalue weighted by atomic mass is 79.9. The molecule has 0 radical (unpaired) electrons. The molecule has 0 bridgehead atoms. The zero-order valence-corrected chi connectivity index (χ0v) is 25.7. The second-order valence-corrected chi connectivity index (χ2v) is 11.4. The maximum absolute atomic E-state index is 13.9.